The van der Waals surface area contributed by atoms with Crippen molar-refractivity contribution in [2.75, 3.05) is 179 Å². The van der Waals surface area contributed by atoms with Gasteiger partial charge in [-0.05, 0) is 245 Å². The Balaban J connectivity index is 0.000000202. The van der Waals surface area contributed by atoms with Gasteiger partial charge in [-0.3, -0.25) is 39.2 Å². The molecule has 0 atom stereocenters. The fourth-order valence-electron chi connectivity index (χ4n) is 16.5. The molecule has 92 heavy (non-hydrogen) atoms. The molecule has 8 aromatic carbocycles. The average Bonchev–Trinajstić information content (AvgIpc) is 0.726. The topological polar surface area (TPSA) is 143 Å². The van der Waals surface area contributed by atoms with E-state index in [9.17, 15) is 0 Å². The van der Waals surface area contributed by atoms with E-state index < -0.39 is 0 Å². The predicted molar refractivity (Wildman–Crippen MR) is 382 cm³/mol. The molecule has 0 spiro atoms. The molecular weight excluding hydrogens is 1140 g/mol. The Hall–Kier alpha value is -8.16. The third-order valence-corrected chi connectivity index (χ3v) is 20.2. The van der Waals surface area contributed by atoms with Crippen LogP contribution in [0.15, 0.2) is 194 Å². The van der Waals surface area contributed by atoms with E-state index in [-0.39, 0.29) is 0 Å². The van der Waals surface area contributed by atoms with E-state index in [0.717, 1.165) is 103 Å². The summed E-state index contributed by atoms with van der Waals surface area (Å²) >= 11 is 0. The minimum Gasteiger partial charge on any atom is -0.399 e. The molecule has 2 aliphatic carbocycles. The lowest BCUT2D eigenvalue weighted by Crippen LogP contribution is -2.52. The summed E-state index contributed by atoms with van der Waals surface area (Å²) in [6.07, 6.45) is 0. The number of anilines is 8. The van der Waals surface area contributed by atoms with Gasteiger partial charge in [0.05, 0.1) is 80.0 Å². The van der Waals surface area contributed by atoms with E-state index in [1.165, 1.54) is 67.3 Å². The molecule has 8 aromatic rings. The number of benzene rings is 8. The summed E-state index contributed by atoms with van der Waals surface area (Å²) in [5, 5.41) is 0. The van der Waals surface area contributed by atoms with Crippen LogP contribution in [0.25, 0.3) is 0 Å². The summed E-state index contributed by atoms with van der Waals surface area (Å²) in [5.74, 6) is 2.45. The van der Waals surface area contributed by atoms with Crippen LogP contribution in [0.3, 0.4) is 0 Å². The smallest absolute Gasteiger partial charge is 0.0727 e. The second kappa shape index (κ2) is 26.8. The first-order valence-corrected chi connectivity index (χ1v) is 32.8. The second-order valence-electron chi connectivity index (χ2n) is 27.9. The van der Waals surface area contributed by atoms with Gasteiger partial charge in [0.1, 0.15) is 0 Å². The standard InChI is InChI=1S/C48H68N12.C28H28N4/c1-49-25-50(2)30-57(29-49)41-17-9-37(10-18-41)45-46(38-11-19-42(20-12-38)58-31-51(3)26-52(4)32-58)48(40-15-23-44(24-16-40)60-35-55(7)28-56(8)36-60)47(45)39-13-21-43(22-14-39)59-33-53(5)27-54(6)34-59;29-21-9-1-17(2-10-21)25-26(18-3-11-22(30)12-4-18)28(20-7-15-24(32)16-8-20)27(25)19-5-13-23(31)14-6-19/h9-24,45-48H,25-36H2,1-8H3;1-16,25-28H,29-32H2. The van der Waals surface area contributed by atoms with E-state index in [2.05, 4.69) is 261 Å². The normalized spacial score (nSPS) is 25.0. The van der Waals surface area contributed by atoms with Gasteiger partial charge < -0.3 is 42.5 Å². The number of hydrogen-bond acceptors (Lipinski definition) is 16. The van der Waals surface area contributed by atoms with E-state index >= 15 is 0 Å². The molecule has 0 aromatic heterocycles. The molecule has 0 bridgehead atoms. The predicted octanol–water partition coefficient (Wildman–Crippen LogP) is 10.8. The molecule has 8 N–H and O–H groups in total. The summed E-state index contributed by atoms with van der Waals surface area (Å²) in [4.78, 5) is 28.9. The average molecular weight is 1230 g/mol. The van der Waals surface area contributed by atoms with Crippen molar-refractivity contribution in [2.24, 2.45) is 0 Å². The maximum absolute atomic E-state index is 6.00. The van der Waals surface area contributed by atoms with Crippen LogP contribution in [0.1, 0.15) is 91.9 Å². The van der Waals surface area contributed by atoms with Crippen molar-refractivity contribution < 1.29 is 0 Å². The highest BCUT2D eigenvalue weighted by molar-refractivity contribution is 5.60. The molecule has 0 amide bonds. The summed E-state index contributed by atoms with van der Waals surface area (Å²) in [6, 6.07) is 71.8. The van der Waals surface area contributed by atoms with Gasteiger partial charge >= 0.3 is 0 Å². The minimum absolute atomic E-state index is 0.297. The molecule has 6 fully saturated rings. The van der Waals surface area contributed by atoms with Crippen molar-refractivity contribution in [3.63, 3.8) is 0 Å². The quantitative estimate of drug-likeness (QED) is 0.0861. The summed E-state index contributed by atoms with van der Waals surface area (Å²) in [6.45, 7) is 11.4. The van der Waals surface area contributed by atoms with Crippen LogP contribution < -0.4 is 42.5 Å². The number of rotatable bonds is 12. The Labute approximate surface area is 546 Å². The molecule has 4 heterocycles. The van der Waals surface area contributed by atoms with Crippen LogP contribution in [-0.2, 0) is 0 Å². The summed E-state index contributed by atoms with van der Waals surface area (Å²) < 4.78 is 0. The highest BCUT2D eigenvalue weighted by atomic mass is 15.5. The molecule has 0 radical (unpaired) electrons. The Bertz CT molecular complexity index is 3150. The van der Waals surface area contributed by atoms with Crippen molar-refractivity contribution in [1.82, 2.24) is 39.2 Å². The Morgan fingerprint density at radius 3 is 0.435 bits per heavy atom. The van der Waals surface area contributed by atoms with Crippen LogP contribution >= 0.6 is 0 Å². The highest BCUT2D eigenvalue weighted by Gasteiger charge is 2.54. The fourth-order valence-corrected chi connectivity index (χ4v) is 16.5. The Morgan fingerprint density at radius 1 is 0.185 bits per heavy atom. The number of nitrogen functional groups attached to an aromatic ring is 4. The van der Waals surface area contributed by atoms with Gasteiger partial charge in [-0.15, -0.1) is 0 Å². The number of nitrogens with two attached hydrogens (primary N) is 4. The molecular formula is C76H96N16. The monoisotopic (exact) mass is 1230 g/mol. The van der Waals surface area contributed by atoms with Crippen molar-refractivity contribution in [2.45, 2.75) is 47.3 Å². The van der Waals surface area contributed by atoms with Crippen LogP contribution in [0.4, 0.5) is 45.5 Å². The molecule has 14 rings (SSSR count). The zero-order valence-corrected chi connectivity index (χ0v) is 55.3. The van der Waals surface area contributed by atoms with E-state index in [1.54, 1.807) is 0 Å². The summed E-state index contributed by atoms with van der Waals surface area (Å²) in [7, 11) is 17.6. The lowest BCUT2D eigenvalue weighted by molar-refractivity contribution is 0.135. The van der Waals surface area contributed by atoms with Crippen LogP contribution in [-0.4, -0.2) is 176 Å². The molecule has 480 valence electrons. The van der Waals surface area contributed by atoms with E-state index in [0.29, 0.717) is 47.3 Å². The van der Waals surface area contributed by atoms with Crippen LogP contribution in [0, 0.1) is 0 Å². The van der Waals surface area contributed by atoms with Crippen LogP contribution in [0.5, 0.6) is 0 Å². The molecule has 2 saturated carbocycles. The van der Waals surface area contributed by atoms with Gasteiger partial charge in [0.25, 0.3) is 0 Å². The van der Waals surface area contributed by atoms with E-state index in [4.69, 9.17) is 22.9 Å². The van der Waals surface area contributed by atoms with Gasteiger partial charge in [0, 0.05) is 45.5 Å². The zero-order chi connectivity index (χ0) is 63.9. The highest BCUT2D eigenvalue weighted by Crippen LogP contribution is 2.68. The van der Waals surface area contributed by atoms with Gasteiger partial charge in [-0.1, -0.05) is 97.1 Å². The zero-order valence-electron chi connectivity index (χ0n) is 55.3. The fraction of sp³-hybridized carbons (Fsp3) is 0.368. The molecule has 0 unspecified atom stereocenters. The number of hydrogen-bond donors (Lipinski definition) is 4. The van der Waals surface area contributed by atoms with Gasteiger partial charge in [0.2, 0.25) is 0 Å². The lowest BCUT2D eigenvalue weighted by atomic mass is 9.49. The van der Waals surface area contributed by atoms with E-state index in [1.807, 2.05) is 48.5 Å². The second-order valence-corrected chi connectivity index (χ2v) is 27.9. The van der Waals surface area contributed by atoms with Gasteiger partial charge in [-0.25, -0.2) is 0 Å². The van der Waals surface area contributed by atoms with Gasteiger partial charge in [-0.2, -0.15) is 0 Å². The SMILES string of the molecule is CN1CN(C)CN(c2ccc(C3C(c4ccc(N5CN(C)CN(C)C5)cc4)C(c4ccc(N5CN(C)CN(C)C5)cc4)C3c3ccc(N4CN(C)CN(C)C4)cc3)cc2)C1.Nc1ccc(C2C(c3ccc(N)cc3)C(c3ccc(N)cc3)C2c2ccc(N)cc2)cc1. The molecule has 4 aliphatic heterocycles. The third-order valence-electron chi connectivity index (χ3n) is 20.2. The first kappa shape index (κ1) is 62.6. The minimum atomic E-state index is 0.297. The molecule has 16 nitrogen and oxygen atoms in total. The largest absolute Gasteiger partial charge is 0.399 e. The first-order chi connectivity index (χ1) is 44.5. The lowest BCUT2D eigenvalue weighted by Gasteiger charge is -2.54. The summed E-state index contributed by atoms with van der Waals surface area (Å²) in [5.41, 5.74) is 43.1. The van der Waals surface area contributed by atoms with Crippen LogP contribution in [0.2, 0.25) is 0 Å². The Kier molecular flexibility index (Phi) is 18.3. The maximum atomic E-state index is 6.00. The number of nitrogens with zero attached hydrogens (tertiary/aromatic N) is 12. The van der Waals surface area contributed by atoms with Gasteiger partial charge in [0.15, 0.2) is 0 Å². The van der Waals surface area contributed by atoms with Crippen molar-refractivity contribution in [3.8, 4) is 0 Å². The molecule has 16 heteroatoms. The van der Waals surface area contributed by atoms with Crippen molar-refractivity contribution in [1.29, 1.82) is 0 Å². The molecule has 4 saturated heterocycles. The third kappa shape index (κ3) is 13.4. The van der Waals surface area contributed by atoms with Crippen molar-refractivity contribution >= 4 is 45.5 Å². The molecule has 6 aliphatic rings. The van der Waals surface area contributed by atoms with Crippen molar-refractivity contribution in [3.05, 3.63) is 239 Å². The first-order valence-electron chi connectivity index (χ1n) is 32.8. The Morgan fingerprint density at radius 2 is 0.304 bits per heavy atom. The maximum Gasteiger partial charge on any atom is 0.0727 e.